The molecule has 1 heterocycles. The van der Waals surface area contributed by atoms with E-state index < -0.39 is 0 Å². The smallest absolute Gasteiger partial charge is 0.120 e. The second-order valence-electron chi connectivity index (χ2n) is 6.39. The first-order valence-corrected chi connectivity index (χ1v) is 7.89. The summed E-state index contributed by atoms with van der Waals surface area (Å²) in [6.07, 6.45) is 1.91. The molecule has 0 spiro atoms. The fourth-order valence-corrected chi connectivity index (χ4v) is 2.16. The van der Waals surface area contributed by atoms with E-state index in [0.29, 0.717) is 19.8 Å². The van der Waals surface area contributed by atoms with Crippen molar-refractivity contribution < 1.29 is 14.6 Å². The molecular weight excluding hydrogens is 290 g/mol. The van der Waals surface area contributed by atoms with Crippen LogP contribution < -0.4 is 4.74 Å². The van der Waals surface area contributed by atoms with Crippen molar-refractivity contribution >= 4 is 0 Å². The lowest BCUT2D eigenvalue weighted by Gasteiger charge is -2.17. The van der Waals surface area contributed by atoms with Gasteiger partial charge in [-0.25, -0.2) is 0 Å². The molecule has 4 nitrogen and oxygen atoms in total. The van der Waals surface area contributed by atoms with E-state index in [1.807, 2.05) is 30.5 Å². The molecule has 2 rings (SSSR count). The van der Waals surface area contributed by atoms with Gasteiger partial charge < -0.3 is 14.6 Å². The first kappa shape index (κ1) is 17.4. The average molecular weight is 315 g/mol. The Hall–Kier alpha value is -1.91. The molecule has 0 aliphatic heterocycles. The summed E-state index contributed by atoms with van der Waals surface area (Å²) < 4.78 is 10.8. The van der Waals surface area contributed by atoms with Gasteiger partial charge in [-0.3, -0.25) is 4.98 Å². The third kappa shape index (κ3) is 5.34. The van der Waals surface area contributed by atoms with Gasteiger partial charge in [0.25, 0.3) is 0 Å². The second-order valence-corrected chi connectivity index (χ2v) is 6.39. The number of hydrogen-bond acceptors (Lipinski definition) is 4. The van der Waals surface area contributed by atoms with Crippen LogP contribution in [0.3, 0.4) is 0 Å². The maximum absolute atomic E-state index is 8.64. The number of ether oxygens (including phenoxy) is 2. The Morgan fingerprint density at radius 1 is 1.00 bits per heavy atom. The monoisotopic (exact) mass is 315 g/mol. The van der Waals surface area contributed by atoms with E-state index in [9.17, 15) is 0 Å². The van der Waals surface area contributed by atoms with Gasteiger partial charge in [-0.15, -0.1) is 0 Å². The van der Waals surface area contributed by atoms with Crippen LogP contribution in [0.5, 0.6) is 5.75 Å². The van der Waals surface area contributed by atoms with Crippen LogP contribution in [-0.4, -0.2) is 36.5 Å². The zero-order valence-electron chi connectivity index (χ0n) is 14.1. The molecule has 0 saturated carbocycles. The number of benzene rings is 1. The third-order valence-corrected chi connectivity index (χ3v) is 3.43. The van der Waals surface area contributed by atoms with Crippen molar-refractivity contribution in [3.63, 3.8) is 0 Å². The number of nitrogens with zero attached hydrogens (tertiary/aromatic N) is 1. The van der Waals surface area contributed by atoms with E-state index in [4.69, 9.17) is 14.6 Å². The largest absolute Gasteiger partial charge is 0.491 e. The summed E-state index contributed by atoms with van der Waals surface area (Å²) in [5, 5.41) is 8.64. The molecule has 0 saturated heterocycles. The van der Waals surface area contributed by atoms with E-state index in [1.54, 1.807) is 0 Å². The average Bonchev–Trinajstić information content (AvgIpc) is 2.54. The van der Waals surface area contributed by atoms with E-state index in [2.05, 4.69) is 37.9 Å². The first-order valence-electron chi connectivity index (χ1n) is 7.89. The minimum Gasteiger partial charge on any atom is -0.491 e. The van der Waals surface area contributed by atoms with E-state index in [-0.39, 0.29) is 12.0 Å². The molecular formula is C19H25NO3. The van der Waals surface area contributed by atoms with Crippen LogP contribution in [0.1, 0.15) is 26.5 Å². The zero-order chi connectivity index (χ0) is 16.7. The molecule has 0 atom stereocenters. The van der Waals surface area contributed by atoms with Gasteiger partial charge in [0, 0.05) is 22.9 Å². The number of aliphatic hydroxyl groups excluding tert-OH is 1. The van der Waals surface area contributed by atoms with Crippen molar-refractivity contribution in [3.8, 4) is 16.9 Å². The van der Waals surface area contributed by atoms with E-state index in [1.165, 1.54) is 0 Å². The summed E-state index contributed by atoms with van der Waals surface area (Å²) >= 11 is 0. The van der Waals surface area contributed by atoms with Crippen LogP contribution in [0, 0.1) is 0 Å². The van der Waals surface area contributed by atoms with Crippen molar-refractivity contribution in [2.75, 3.05) is 26.4 Å². The number of rotatable bonds is 7. The summed E-state index contributed by atoms with van der Waals surface area (Å²) in [4.78, 5) is 4.57. The molecule has 0 aliphatic carbocycles. The molecule has 23 heavy (non-hydrogen) atoms. The fraction of sp³-hybridized carbons (Fsp3) is 0.421. The Bertz CT molecular complexity index is 603. The van der Waals surface area contributed by atoms with Gasteiger partial charge in [0.05, 0.1) is 19.8 Å². The molecule has 0 bridgehead atoms. The van der Waals surface area contributed by atoms with Gasteiger partial charge in [0.1, 0.15) is 12.4 Å². The van der Waals surface area contributed by atoms with Gasteiger partial charge in [0.2, 0.25) is 0 Å². The summed E-state index contributed by atoms with van der Waals surface area (Å²) in [7, 11) is 0. The predicted molar refractivity (Wildman–Crippen MR) is 91.8 cm³/mol. The zero-order valence-corrected chi connectivity index (χ0v) is 14.1. The van der Waals surface area contributed by atoms with Crippen LogP contribution in [0.15, 0.2) is 42.6 Å². The summed E-state index contributed by atoms with van der Waals surface area (Å²) in [5.41, 5.74) is 3.28. The quantitative estimate of drug-likeness (QED) is 0.795. The topological polar surface area (TPSA) is 51.6 Å². The Morgan fingerprint density at radius 2 is 1.83 bits per heavy atom. The number of aliphatic hydroxyl groups is 1. The standard InChI is InChI=1S/C19H25NO3/c1-19(2,3)18-8-7-16(14-20-18)15-5-4-6-17(13-15)23-12-11-22-10-9-21/h4-8,13-14,21H,9-12H2,1-3H3. The molecule has 2 aromatic rings. The Kier molecular flexibility index (Phi) is 6.13. The van der Waals surface area contributed by atoms with Crippen LogP contribution in [0.25, 0.3) is 11.1 Å². The lowest BCUT2D eigenvalue weighted by atomic mass is 9.91. The van der Waals surface area contributed by atoms with Crippen molar-refractivity contribution in [2.24, 2.45) is 0 Å². The highest BCUT2D eigenvalue weighted by Crippen LogP contribution is 2.26. The minimum absolute atomic E-state index is 0.0348. The molecule has 124 valence electrons. The molecule has 1 N–H and O–H groups in total. The molecule has 1 aromatic carbocycles. The molecule has 0 amide bonds. The van der Waals surface area contributed by atoms with Crippen LogP contribution in [-0.2, 0) is 10.2 Å². The molecule has 0 radical (unpaired) electrons. The van der Waals surface area contributed by atoms with E-state index >= 15 is 0 Å². The number of aromatic nitrogens is 1. The minimum atomic E-state index is 0.0348. The van der Waals surface area contributed by atoms with Crippen molar-refractivity contribution in [2.45, 2.75) is 26.2 Å². The summed E-state index contributed by atoms with van der Waals surface area (Å²) in [5.74, 6) is 0.801. The Morgan fingerprint density at radius 3 is 2.48 bits per heavy atom. The Balaban J connectivity index is 2.01. The van der Waals surface area contributed by atoms with Crippen LogP contribution in [0.2, 0.25) is 0 Å². The van der Waals surface area contributed by atoms with Crippen LogP contribution >= 0.6 is 0 Å². The SMILES string of the molecule is CC(C)(C)c1ccc(-c2cccc(OCCOCCO)c2)cn1. The van der Waals surface area contributed by atoms with E-state index in [0.717, 1.165) is 22.6 Å². The molecule has 0 fully saturated rings. The third-order valence-electron chi connectivity index (χ3n) is 3.43. The van der Waals surface area contributed by atoms with Crippen LogP contribution in [0.4, 0.5) is 0 Å². The molecule has 0 unspecified atom stereocenters. The molecule has 1 aromatic heterocycles. The number of hydrogen-bond donors (Lipinski definition) is 1. The lowest BCUT2D eigenvalue weighted by molar-refractivity contribution is 0.0705. The molecule has 0 aliphatic rings. The van der Waals surface area contributed by atoms with Gasteiger partial charge in [-0.2, -0.15) is 0 Å². The molecule has 4 heteroatoms. The highest BCUT2D eigenvalue weighted by Gasteiger charge is 2.14. The normalized spacial score (nSPS) is 11.5. The van der Waals surface area contributed by atoms with Gasteiger partial charge in [-0.05, 0) is 23.8 Å². The fourth-order valence-electron chi connectivity index (χ4n) is 2.16. The first-order chi connectivity index (χ1) is 11.0. The Labute approximate surface area is 138 Å². The lowest BCUT2D eigenvalue weighted by Crippen LogP contribution is -2.12. The number of pyridine rings is 1. The van der Waals surface area contributed by atoms with Gasteiger partial charge >= 0.3 is 0 Å². The van der Waals surface area contributed by atoms with Gasteiger partial charge in [-0.1, -0.05) is 39.0 Å². The van der Waals surface area contributed by atoms with Gasteiger partial charge in [0.15, 0.2) is 0 Å². The highest BCUT2D eigenvalue weighted by molar-refractivity contribution is 5.64. The van der Waals surface area contributed by atoms with Crippen molar-refractivity contribution in [1.29, 1.82) is 0 Å². The maximum Gasteiger partial charge on any atom is 0.120 e. The highest BCUT2D eigenvalue weighted by atomic mass is 16.5. The predicted octanol–water partition coefficient (Wildman–Crippen LogP) is 3.43. The maximum atomic E-state index is 8.64. The summed E-state index contributed by atoms with van der Waals surface area (Å²) in [6.45, 7) is 7.77. The van der Waals surface area contributed by atoms with Crippen molar-refractivity contribution in [1.82, 2.24) is 4.98 Å². The van der Waals surface area contributed by atoms with Crippen molar-refractivity contribution in [3.05, 3.63) is 48.3 Å². The summed E-state index contributed by atoms with van der Waals surface area (Å²) in [6, 6.07) is 12.1. The second kappa shape index (κ2) is 8.09.